The lowest BCUT2D eigenvalue weighted by Gasteiger charge is -2.05. The molecular weight excluding hydrogens is 298 g/mol. The predicted octanol–water partition coefficient (Wildman–Crippen LogP) is 2.98. The SMILES string of the molecule is CNC(=O)c1ccc(COc2ccccc2Br)o1. The molecule has 0 atom stereocenters. The van der Waals surface area contributed by atoms with E-state index in [9.17, 15) is 4.79 Å². The Bertz CT molecular complexity index is 551. The molecule has 1 N–H and O–H groups in total. The summed E-state index contributed by atoms with van der Waals surface area (Å²) in [4.78, 5) is 11.3. The van der Waals surface area contributed by atoms with Crippen LogP contribution < -0.4 is 10.1 Å². The minimum atomic E-state index is -0.248. The minimum absolute atomic E-state index is 0.248. The Labute approximate surface area is 113 Å². The predicted molar refractivity (Wildman–Crippen MR) is 70.6 cm³/mol. The molecule has 0 aliphatic carbocycles. The Morgan fingerprint density at radius 2 is 2.11 bits per heavy atom. The number of carbonyl (C=O) groups is 1. The van der Waals surface area contributed by atoms with Gasteiger partial charge >= 0.3 is 0 Å². The van der Waals surface area contributed by atoms with Gasteiger partial charge in [0, 0.05) is 7.05 Å². The molecule has 2 aromatic rings. The smallest absolute Gasteiger partial charge is 0.286 e. The van der Waals surface area contributed by atoms with Crippen molar-refractivity contribution in [2.24, 2.45) is 0 Å². The molecule has 0 aliphatic heterocycles. The van der Waals surface area contributed by atoms with Crippen molar-refractivity contribution in [2.75, 3.05) is 7.05 Å². The molecular formula is C13H12BrNO3. The number of benzene rings is 1. The van der Waals surface area contributed by atoms with Gasteiger partial charge in [-0.05, 0) is 40.2 Å². The lowest BCUT2D eigenvalue weighted by Crippen LogP contribution is -2.16. The molecule has 18 heavy (non-hydrogen) atoms. The Kier molecular flexibility index (Phi) is 4.04. The Morgan fingerprint density at radius 1 is 1.33 bits per heavy atom. The molecule has 94 valence electrons. The first-order valence-corrected chi connectivity index (χ1v) is 6.18. The highest BCUT2D eigenvalue weighted by Gasteiger charge is 2.09. The summed E-state index contributed by atoms with van der Waals surface area (Å²) in [5, 5.41) is 2.50. The number of carbonyl (C=O) groups excluding carboxylic acids is 1. The zero-order valence-corrected chi connectivity index (χ0v) is 11.4. The molecule has 0 radical (unpaired) electrons. The number of amides is 1. The maximum atomic E-state index is 11.3. The Hall–Kier alpha value is -1.75. The van der Waals surface area contributed by atoms with Gasteiger partial charge in [-0.2, -0.15) is 0 Å². The van der Waals surface area contributed by atoms with Gasteiger partial charge in [-0.3, -0.25) is 4.79 Å². The third kappa shape index (κ3) is 2.92. The van der Waals surface area contributed by atoms with E-state index >= 15 is 0 Å². The van der Waals surface area contributed by atoms with E-state index < -0.39 is 0 Å². The first-order chi connectivity index (χ1) is 8.70. The fraction of sp³-hybridized carbons (Fsp3) is 0.154. The van der Waals surface area contributed by atoms with E-state index in [0.29, 0.717) is 5.76 Å². The highest BCUT2D eigenvalue weighted by atomic mass is 79.9. The fourth-order valence-electron chi connectivity index (χ4n) is 1.41. The van der Waals surface area contributed by atoms with Crippen LogP contribution in [0.5, 0.6) is 5.75 Å². The monoisotopic (exact) mass is 309 g/mol. The maximum Gasteiger partial charge on any atom is 0.286 e. The number of ether oxygens (including phenoxy) is 1. The second-order valence-corrected chi connectivity index (χ2v) is 4.42. The van der Waals surface area contributed by atoms with Crippen molar-refractivity contribution in [3.63, 3.8) is 0 Å². The van der Waals surface area contributed by atoms with Gasteiger partial charge in [0.1, 0.15) is 18.1 Å². The van der Waals surface area contributed by atoms with Crippen molar-refractivity contribution in [1.82, 2.24) is 5.32 Å². The number of furan rings is 1. The average Bonchev–Trinajstić information content (AvgIpc) is 2.86. The van der Waals surface area contributed by atoms with Crippen LogP contribution in [-0.4, -0.2) is 13.0 Å². The van der Waals surface area contributed by atoms with E-state index in [4.69, 9.17) is 9.15 Å². The molecule has 0 saturated heterocycles. The molecule has 0 unspecified atom stereocenters. The topological polar surface area (TPSA) is 51.5 Å². The van der Waals surface area contributed by atoms with Crippen molar-refractivity contribution in [3.05, 3.63) is 52.4 Å². The van der Waals surface area contributed by atoms with Gasteiger partial charge in [0.15, 0.2) is 5.76 Å². The second kappa shape index (κ2) is 5.73. The molecule has 0 spiro atoms. The first-order valence-electron chi connectivity index (χ1n) is 5.39. The van der Waals surface area contributed by atoms with Gasteiger partial charge in [-0.15, -0.1) is 0 Å². The number of rotatable bonds is 4. The van der Waals surface area contributed by atoms with E-state index in [1.807, 2.05) is 24.3 Å². The number of hydrogen-bond acceptors (Lipinski definition) is 3. The van der Waals surface area contributed by atoms with Crippen LogP contribution in [0.3, 0.4) is 0 Å². The van der Waals surface area contributed by atoms with Crippen molar-refractivity contribution < 1.29 is 13.9 Å². The number of halogens is 1. The largest absolute Gasteiger partial charge is 0.484 e. The van der Waals surface area contributed by atoms with Crippen molar-refractivity contribution >= 4 is 21.8 Å². The van der Waals surface area contributed by atoms with Crippen molar-refractivity contribution in [2.45, 2.75) is 6.61 Å². The molecule has 1 amide bonds. The zero-order valence-electron chi connectivity index (χ0n) is 9.77. The second-order valence-electron chi connectivity index (χ2n) is 3.56. The maximum absolute atomic E-state index is 11.3. The highest BCUT2D eigenvalue weighted by molar-refractivity contribution is 9.10. The molecule has 0 fully saturated rings. The summed E-state index contributed by atoms with van der Waals surface area (Å²) in [5.41, 5.74) is 0. The number of para-hydroxylation sites is 1. The van der Waals surface area contributed by atoms with Gasteiger partial charge < -0.3 is 14.5 Å². The summed E-state index contributed by atoms with van der Waals surface area (Å²) in [6, 6.07) is 10.9. The first kappa shape index (κ1) is 12.7. The third-order valence-electron chi connectivity index (χ3n) is 2.32. The molecule has 5 heteroatoms. The minimum Gasteiger partial charge on any atom is -0.484 e. The fourth-order valence-corrected chi connectivity index (χ4v) is 1.81. The normalized spacial score (nSPS) is 10.1. The van der Waals surface area contributed by atoms with Gasteiger partial charge in [0.2, 0.25) is 0 Å². The van der Waals surface area contributed by atoms with Gasteiger partial charge in [-0.25, -0.2) is 0 Å². The van der Waals surface area contributed by atoms with E-state index in [2.05, 4.69) is 21.2 Å². The lowest BCUT2D eigenvalue weighted by molar-refractivity contribution is 0.0931. The molecule has 1 heterocycles. The Morgan fingerprint density at radius 3 is 2.83 bits per heavy atom. The van der Waals surface area contributed by atoms with Crippen LogP contribution in [0.1, 0.15) is 16.3 Å². The third-order valence-corrected chi connectivity index (χ3v) is 2.97. The summed E-state index contributed by atoms with van der Waals surface area (Å²) >= 11 is 3.39. The molecule has 1 aromatic carbocycles. The van der Waals surface area contributed by atoms with Crippen LogP contribution in [0.25, 0.3) is 0 Å². The molecule has 0 aliphatic rings. The summed E-state index contributed by atoms with van der Waals surface area (Å²) < 4.78 is 11.8. The zero-order chi connectivity index (χ0) is 13.0. The highest BCUT2D eigenvalue weighted by Crippen LogP contribution is 2.24. The number of nitrogens with one attached hydrogen (secondary N) is 1. The molecule has 0 saturated carbocycles. The lowest BCUT2D eigenvalue weighted by atomic mass is 10.3. The van der Waals surface area contributed by atoms with Crippen molar-refractivity contribution in [3.8, 4) is 5.75 Å². The van der Waals surface area contributed by atoms with E-state index in [0.717, 1.165) is 10.2 Å². The van der Waals surface area contributed by atoms with Crippen LogP contribution >= 0.6 is 15.9 Å². The molecule has 2 rings (SSSR count). The average molecular weight is 310 g/mol. The van der Waals surface area contributed by atoms with Crippen LogP contribution in [0.15, 0.2) is 45.3 Å². The van der Waals surface area contributed by atoms with Gasteiger partial charge in [0.05, 0.1) is 4.47 Å². The van der Waals surface area contributed by atoms with Gasteiger partial charge in [-0.1, -0.05) is 12.1 Å². The van der Waals surface area contributed by atoms with Crippen LogP contribution in [0.2, 0.25) is 0 Å². The van der Waals surface area contributed by atoms with Crippen LogP contribution in [0, 0.1) is 0 Å². The van der Waals surface area contributed by atoms with Crippen molar-refractivity contribution in [1.29, 1.82) is 0 Å². The van der Waals surface area contributed by atoms with Gasteiger partial charge in [0.25, 0.3) is 5.91 Å². The number of hydrogen-bond donors (Lipinski definition) is 1. The summed E-state index contributed by atoms with van der Waals surface area (Å²) in [7, 11) is 1.56. The Balaban J connectivity index is 2.01. The molecule has 0 bridgehead atoms. The molecule has 4 nitrogen and oxygen atoms in total. The quantitative estimate of drug-likeness (QED) is 0.944. The summed E-state index contributed by atoms with van der Waals surface area (Å²) in [6.45, 7) is 0.277. The summed E-state index contributed by atoms with van der Waals surface area (Å²) in [6.07, 6.45) is 0. The van der Waals surface area contributed by atoms with E-state index in [-0.39, 0.29) is 18.3 Å². The summed E-state index contributed by atoms with van der Waals surface area (Å²) in [5.74, 6) is 1.37. The van der Waals surface area contributed by atoms with E-state index in [1.165, 1.54) is 0 Å². The van der Waals surface area contributed by atoms with E-state index in [1.54, 1.807) is 19.2 Å². The van der Waals surface area contributed by atoms with Crippen LogP contribution in [-0.2, 0) is 6.61 Å². The van der Waals surface area contributed by atoms with Crippen LogP contribution in [0.4, 0.5) is 0 Å². The standard InChI is InChI=1S/C13H12BrNO3/c1-15-13(16)12-7-6-9(18-12)8-17-11-5-3-2-4-10(11)14/h2-7H,8H2,1H3,(H,15,16). The molecule has 1 aromatic heterocycles.